The minimum Gasteiger partial charge on any atom is -0.465 e. The second-order valence-electron chi connectivity index (χ2n) is 7.07. The molecule has 3 rings (SSSR count). The van der Waals surface area contributed by atoms with E-state index in [-0.39, 0.29) is 30.6 Å². The third-order valence-corrected chi connectivity index (χ3v) is 4.68. The average Bonchev–Trinajstić information content (AvgIpc) is 2.79. The van der Waals surface area contributed by atoms with E-state index in [1.807, 2.05) is 67.6 Å². The van der Waals surface area contributed by atoms with E-state index in [9.17, 15) is 14.9 Å². The van der Waals surface area contributed by atoms with E-state index in [1.165, 1.54) is 4.68 Å². The lowest BCUT2D eigenvalue weighted by Crippen LogP contribution is -2.30. The first-order valence-corrected chi connectivity index (χ1v) is 9.86. The highest BCUT2D eigenvalue weighted by Gasteiger charge is 2.21. The van der Waals surface area contributed by atoms with Gasteiger partial charge in [0, 0.05) is 23.5 Å². The van der Waals surface area contributed by atoms with E-state index in [4.69, 9.17) is 4.74 Å². The number of ether oxygens (including phenoxy) is 1. The highest BCUT2D eigenvalue weighted by Crippen LogP contribution is 2.31. The molecule has 0 N–H and O–H groups in total. The Morgan fingerprint density at radius 1 is 1.10 bits per heavy atom. The molecule has 0 spiro atoms. The van der Waals surface area contributed by atoms with Crippen LogP contribution in [-0.4, -0.2) is 22.4 Å². The number of carbonyl (C=O) groups is 1. The molecule has 2 aromatic carbocycles. The van der Waals surface area contributed by atoms with Gasteiger partial charge in [0.05, 0.1) is 13.2 Å². The highest BCUT2D eigenvalue weighted by molar-refractivity contribution is 5.84. The van der Waals surface area contributed by atoms with Crippen molar-refractivity contribution in [1.82, 2.24) is 9.78 Å². The molecule has 1 aromatic heterocycles. The Morgan fingerprint density at radius 3 is 2.27 bits per heavy atom. The van der Waals surface area contributed by atoms with Gasteiger partial charge in [0.2, 0.25) is 0 Å². The monoisotopic (exact) mass is 401 g/mol. The number of hydrogen-bond donors (Lipinski definition) is 0. The zero-order valence-corrected chi connectivity index (χ0v) is 17.0. The molecule has 0 amide bonds. The number of aromatic nitrogens is 2. The SMILES string of the molecule is CCC(=O)OCC(C)Cn1nc(-c2ccccc2)c(-c2ccccc2)c(C#N)c1=O. The Hall–Kier alpha value is -3.72. The molecular formula is C24H23N3O3. The molecule has 0 saturated carbocycles. The molecule has 1 unspecified atom stereocenters. The Balaban J connectivity index is 2.12. The first-order chi connectivity index (χ1) is 14.5. The van der Waals surface area contributed by atoms with Crippen LogP contribution in [-0.2, 0) is 16.1 Å². The van der Waals surface area contributed by atoms with E-state index in [0.717, 1.165) is 11.1 Å². The van der Waals surface area contributed by atoms with Gasteiger partial charge in [-0.3, -0.25) is 9.59 Å². The van der Waals surface area contributed by atoms with Crippen LogP contribution in [0.5, 0.6) is 0 Å². The predicted molar refractivity (Wildman–Crippen MR) is 114 cm³/mol. The average molecular weight is 401 g/mol. The number of hydrogen-bond acceptors (Lipinski definition) is 5. The van der Waals surface area contributed by atoms with Crippen LogP contribution in [0.1, 0.15) is 25.8 Å². The quantitative estimate of drug-likeness (QED) is 0.558. The molecule has 0 aliphatic rings. The maximum atomic E-state index is 13.1. The molecule has 0 bridgehead atoms. The van der Waals surface area contributed by atoms with Gasteiger partial charge in [0.25, 0.3) is 5.56 Å². The Kier molecular flexibility index (Phi) is 6.76. The number of nitriles is 1. The number of nitrogens with zero attached hydrogens (tertiary/aromatic N) is 3. The molecule has 1 atom stereocenters. The molecule has 0 saturated heterocycles. The standard InChI is InChI=1S/C24H23N3O3/c1-3-21(28)30-16-17(2)15-27-24(29)20(14-25)22(18-10-6-4-7-11-18)23(26-27)19-12-8-5-9-13-19/h4-13,17H,3,15-16H2,1-2H3. The fraction of sp³-hybridized carbons (Fsp3) is 0.250. The van der Waals surface area contributed by atoms with Crippen molar-refractivity contribution < 1.29 is 9.53 Å². The Labute approximate surface area is 175 Å². The topological polar surface area (TPSA) is 85.0 Å². The summed E-state index contributed by atoms with van der Waals surface area (Å²) in [5, 5.41) is 14.5. The predicted octanol–water partition coefficient (Wildman–Crippen LogP) is 4.04. The first kappa shape index (κ1) is 21.0. The van der Waals surface area contributed by atoms with Gasteiger partial charge in [-0.05, 0) is 5.56 Å². The van der Waals surface area contributed by atoms with Crippen molar-refractivity contribution in [2.45, 2.75) is 26.8 Å². The first-order valence-electron chi connectivity index (χ1n) is 9.86. The lowest BCUT2D eigenvalue weighted by atomic mass is 9.96. The highest BCUT2D eigenvalue weighted by atomic mass is 16.5. The van der Waals surface area contributed by atoms with Crippen LogP contribution < -0.4 is 5.56 Å². The largest absolute Gasteiger partial charge is 0.465 e. The fourth-order valence-electron chi connectivity index (χ4n) is 3.17. The Bertz CT molecular complexity index is 1120. The lowest BCUT2D eigenvalue weighted by molar-refractivity contribution is -0.144. The smallest absolute Gasteiger partial charge is 0.305 e. The van der Waals surface area contributed by atoms with E-state index in [0.29, 0.717) is 17.7 Å². The summed E-state index contributed by atoms with van der Waals surface area (Å²) in [7, 11) is 0. The summed E-state index contributed by atoms with van der Waals surface area (Å²) in [5.41, 5.74) is 2.25. The van der Waals surface area contributed by atoms with E-state index in [2.05, 4.69) is 11.2 Å². The van der Waals surface area contributed by atoms with Gasteiger partial charge in [-0.25, -0.2) is 4.68 Å². The van der Waals surface area contributed by atoms with Crippen molar-refractivity contribution >= 4 is 5.97 Å². The fourth-order valence-corrected chi connectivity index (χ4v) is 3.17. The zero-order valence-electron chi connectivity index (χ0n) is 17.0. The van der Waals surface area contributed by atoms with Crippen LogP contribution in [0.2, 0.25) is 0 Å². The maximum Gasteiger partial charge on any atom is 0.305 e. The lowest BCUT2D eigenvalue weighted by Gasteiger charge is -2.17. The third kappa shape index (κ3) is 4.64. The minimum atomic E-state index is -0.454. The van der Waals surface area contributed by atoms with Crippen LogP contribution >= 0.6 is 0 Å². The molecular weight excluding hydrogens is 378 g/mol. The molecule has 0 aliphatic carbocycles. The normalized spacial score (nSPS) is 11.5. The van der Waals surface area contributed by atoms with Crippen molar-refractivity contribution in [3.05, 3.63) is 76.6 Å². The van der Waals surface area contributed by atoms with Crippen molar-refractivity contribution in [3.8, 4) is 28.5 Å². The van der Waals surface area contributed by atoms with Gasteiger partial charge in [-0.2, -0.15) is 10.4 Å². The molecule has 0 fully saturated rings. The van der Waals surface area contributed by atoms with Crippen molar-refractivity contribution in [3.63, 3.8) is 0 Å². The summed E-state index contributed by atoms with van der Waals surface area (Å²) >= 11 is 0. The molecule has 0 radical (unpaired) electrons. The van der Waals surface area contributed by atoms with Crippen molar-refractivity contribution in [2.75, 3.05) is 6.61 Å². The molecule has 6 heteroatoms. The molecule has 1 heterocycles. The second-order valence-corrected chi connectivity index (χ2v) is 7.07. The van der Waals surface area contributed by atoms with Crippen LogP contribution in [0.3, 0.4) is 0 Å². The minimum absolute atomic E-state index is 0.0489. The van der Waals surface area contributed by atoms with Gasteiger partial charge >= 0.3 is 5.97 Å². The molecule has 30 heavy (non-hydrogen) atoms. The van der Waals surface area contributed by atoms with Crippen LogP contribution in [0.15, 0.2) is 65.5 Å². The van der Waals surface area contributed by atoms with Crippen LogP contribution in [0.25, 0.3) is 22.4 Å². The molecule has 6 nitrogen and oxygen atoms in total. The van der Waals surface area contributed by atoms with Crippen molar-refractivity contribution in [2.24, 2.45) is 5.92 Å². The summed E-state index contributed by atoms with van der Waals surface area (Å²) in [6, 6.07) is 20.9. The van der Waals surface area contributed by atoms with Gasteiger partial charge < -0.3 is 4.74 Å². The summed E-state index contributed by atoms with van der Waals surface area (Å²) in [6.45, 7) is 4.02. The van der Waals surface area contributed by atoms with Gasteiger partial charge in [-0.1, -0.05) is 74.5 Å². The molecule has 0 aliphatic heterocycles. The van der Waals surface area contributed by atoms with Crippen molar-refractivity contribution in [1.29, 1.82) is 5.26 Å². The van der Waals surface area contributed by atoms with E-state index < -0.39 is 5.56 Å². The third-order valence-electron chi connectivity index (χ3n) is 4.68. The summed E-state index contributed by atoms with van der Waals surface area (Å²) in [6.07, 6.45) is 0.299. The molecule has 152 valence electrons. The van der Waals surface area contributed by atoms with Crippen LogP contribution in [0.4, 0.5) is 0 Å². The van der Waals surface area contributed by atoms with E-state index in [1.54, 1.807) is 6.92 Å². The number of benzene rings is 2. The van der Waals surface area contributed by atoms with E-state index >= 15 is 0 Å². The van der Waals surface area contributed by atoms with Gasteiger partial charge in [-0.15, -0.1) is 0 Å². The second kappa shape index (κ2) is 9.66. The van der Waals surface area contributed by atoms with Crippen LogP contribution in [0, 0.1) is 17.2 Å². The zero-order chi connectivity index (χ0) is 21.5. The summed E-state index contributed by atoms with van der Waals surface area (Å²) < 4.78 is 6.49. The number of esters is 1. The van der Waals surface area contributed by atoms with Gasteiger partial charge in [0.15, 0.2) is 0 Å². The Morgan fingerprint density at radius 2 is 1.70 bits per heavy atom. The maximum absolute atomic E-state index is 13.1. The van der Waals surface area contributed by atoms with Gasteiger partial charge in [0.1, 0.15) is 17.3 Å². The summed E-state index contributed by atoms with van der Waals surface area (Å²) in [4.78, 5) is 24.5. The number of rotatable bonds is 7. The number of carbonyl (C=O) groups excluding carboxylic acids is 1. The molecule has 3 aromatic rings. The summed E-state index contributed by atoms with van der Waals surface area (Å²) in [5.74, 6) is -0.423.